The maximum absolute atomic E-state index is 10.4. The van der Waals surface area contributed by atoms with Crippen molar-refractivity contribution in [2.75, 3.05) is 6.61 Å². The number of carbonyl (C=O) groups is 1. The predicted molar refractivity (Wildman–Crippen MR) is 55.5 cm³/mol. The Bertz CT molecular complexity index is 403. The average Bonchev–Trinajstić information content (AvgIpc) is 2.72. The lowest BCUT2D eigenvalue weighted by atomic mass is 10.00. The third kappa shape index (κ3) is 2.33. The Hall–Kier alpha value is -1.55. The summed E-state index contributed by atoms with van der Waals surface area (Å²) in [6.07, 6.45) is 1.50. The summed E-state index contributed by atoms with van der Waals surface area (Å²) in [5, 5.41) is 10.4. The molecule has 2 rings (SSSR count). The number of rotatable bonds is 4. The minimum absolute atomic E-state index is 0.00352. The highest BCUT2D eigenvalue weighted by Gasteiger charge is 2.16. The lowest BCUT2D eigenvalue weighted by molar-refractivity contribution is -0.428. The van der Waals surface area contributed by atoms with Gasteiger partial charge in [-0.05, 0) is 30.2 Å². The molecule has 1 aromatic rings. The highest BCUT2D eigenvalue weighted by atomic mass is 16.5. The van der Waals surface area contributed by atoms with Crippen LogP contribution < -0.4 is 15.6 Å². The number of carboxylic acids is 1. The Labute approximate surface area is 94.0 Å². The van der Waals surface area contributed by atoms with E-state index in [4.69, 9.17) is 4.74 Å². The van der Waals surface area contributed by atoms with Gasteiger partial charge in [0.25, 0.3) is 0 Å². The van der Waals surface area contributed by atoms with Crippen LogP contribution in [0.1, 0.15) is 30.0 Å². The van der Waals surface area contributed by atoms with E-state index < -0.39 is 5.97 Å². The van der Waals surface area contributed by atoms with Crippen molar-refractivity contribution in [3.05, 3.63) is 29.3 Å². The van der Waals surface area contributed by atoms with Crippen molar-refractivity contribution in [3.8, 4) is 5.75 Å². The van der Waals surface area contributed by atoms with E-state index in [2.05, 4.69) is 11.8 Å². The van der Waals surface area contributed by atoms with E-state index in [9.17, 15) is 9.90 Å². The molecular weight excluding hydrogens is 206 g/mol. The first kappa shape index (κ1) is 11.0. The summed E-state index contributed by atoms with van der Waals surface area (Å²) in [7, 11) is 0. The second kappa shape index (κ2) is 4.53. The monoisotopic (exact) mass is 221 g/mol. The van der Waals surface area contributed by atoms with E-state index in [0.717, 1.165) is 24.3 Å². The van der Waals surface area contributed by atoms with Crippen LogP contribution in [0.25, 0.3) is 0 Å². The maximum Gasteiger partial charge on any atom is 0.122 e. The summed E-state index contributed by atoms with van der Waals surface area (Å²) >= 11 is 0. The van der Waals surface area contributed by atoms with Gasteiger partial charge in [0.1, 0.15) is 11.8 Å². The molecule has 0 unspecified atom stereocenters. The number of carbonyl (C=O) groups excluding carboxylic acids is 1. The standard InChI is InChI=1S/C12H15NO3/c13-10(2-4-12(14)15)8-1-3-11-9(7-8)5-6-16-11/h1,3,7,10H,2,4-6,13H2,(H,14,15)/t10-/m0/s1. The number of fused-ring (bicyclic) bond motifs is 1. The van der Waals surface area contributed by atoms with Crippen molar-refractivity contribution in [2.45, 2.75) is 25.3 Å². The summed E-state index contributed by atoms with van der Waals surface area (Å²) in [5.41, 5.74) is 6.24. The highest BCUT2D eigenvalue weighted by Crippen LogP contribution is 2.28. The smallest absolute Gasteiger partial charge is 0.122 e. The third-order valence-electron chi connectivity index (χ3n) is 2.88. The molecule has 1 aliphatic heterocycles. The number of carboxylic acid groups (broad SMARTS) is 1. The van der Waals surface area contributed by atoms with Crippen molar-refractivity contribution in [3.63, 3.8) is 0 Å². The van der Waals surface area contributed by atoms with Gasteiger partial charge < -0.3 is 20.4 Å². The van der Waals surface area contributed by atoms with Crippen LogP contribution in [0.3, 0.4) is 0 Å². The summed E-state index contributed by atoms with van der Waals surface area (Å²) < 4.78 is 5.41. The zero-order chi connectivity index (χ0) is 11.5. The van der Waals surface area contributed by atoms with Gasteiger partial charge in [-0.25, -0.2) is 0 Å². The quantitative estimate of drug-likeness (QED) is 0.740. The summed E-state index contributed by atoms with van der Waals surface area (Å²) in [6.45, 7) is 0.736. The molecule has 0 aromatic heterocycles. The largest absolute Gasteiger partial charge is 0.550 e. The Morgan fingerprint density at radius 1 is 1.56 bits per heavy atom. The summed E-state index contributed by atoms with van der Waals surface area (Å²) in [4.78, 5) is 10.4. The highest BCUT2D eigenvalue weighted by molar-refractivity contribution is 5.64. The molecule has 1 heterocycles. The number of hydrogen-bond acceptors (Lipinski definition) is 3. The number of benzene rings is 1. The zero-order valence-corrected chi connectivity index (χ0v) is 9.07. The van der Waals surface area contributed by atoms with Gasteiger partial charge in [0.2, 0.25) is 0 Å². The van der Waals surface area contributed by atoms with E-state index in [1.165, 1.54) is 5.56 Å². The molecule has 1 aromatic carbocycles. The fraction of sp³-hybridized carbons (Fsp3) is 0.417. The SMILES string of the molecule is [NH3+][C@@H](CCC(=O)[O-])c1ccc2c(c1)CCO2. The first-order chi connectivity index (χ1) is 7.66. The molecule has 1 atom stereocenters. The normalized spacial score (nSPS) is 15.3. The molecule has 4 heteroatoms. The van der Waals surface area contributed by atoms with Crippen molar-refractivity contribution in [1.82, 2.24) is 0 Å². The van der Waals surface area contributed by atoms with Crippen LogP contribution in [0.5, 0.6) is 5.75 Å². The Balaban J connectivity index is 2.06. The second-order valence-electron chi connectivity index (χ2n) is 4.07. The van der Waals surface area contributed by atoms with E-state index in [-0.39, 0.29) is 12.5 Å². The molecule has 3 N–H and O–H groups in total. The molecule has 1 aliphatic rings. The van der Waals surface area contributed by atoms with Gasteiger partial charge in [-0.15, -0.1) is 0 Å². The minimum Gasteiger partial charge on any atom is -0.550 e. The average molecular weight is 221 g/mol. The van der Waals surface area contributed by atoms with Gasteiger partial charge in [0.15, 0.2) is 0 Å². The Kier molecular flexibility index (Phi) is 3.10. The van der Waals surface area contributed by atoms with Gasteiger partial charge in [0, 0.05) is 24.4 Å². The van der Waals surface area contributed by atoms with Crippen LogP contribution in [0.2, 0.25) is 0 Å². The molecule has 0 amide bonds. The lowest BCUT2D eigenvalue weighted by Crippen LogP contribution is -2.53. The molecular formula is C12H15NO3. The molecule has 0 saturated carbocycles. The topological polar surface area (TPSA) is 77.0 Å². The molecule has 0 aliphatic carbocycles. The van der Waals surface area contributed by atoms with Crippen LogP contribution >= 0.6 is 0 Å². The van der Waals surface area contributed by atoms with Gasteiger partial charge in [-0.1, -0.05) is 0 Å². The van der Waals surface area contributed by atoms with Crippen molar-refractivity contribution in [2.24, 2.45) is 0 Å². The zero-order valence-electron chi connectivity index (χ0n) is 9.07. The van der Waals surface area contributed by atoms with Crippen molar-refractivity contribution in [1.29, 1.82) is 0 Å². The van der Waals surface area contributed by atoms with E-state index in [1.54, 1.807) is 0 Å². The van der Waals surface area contributed by atoms with Crippen LogP contribution in [-0.2, 0) is 11.2 Å². The molecule has 0 saturated heterocycles. The first-order valence-corrected chi connectivity index (χ1v) is 5.45. The molecule has 0 spiro atoms. The number of hydrogen-bond donors (Lipinski definition) is 1. The van der Waals surface area contributed by atoms with Gasteiger partial charge in [0.05, 0.1) is 6.61 Å². The predicted octanol–water partition coefficient (Wildman–Crippen LogP) is -0.565. The van der Waals surface area contributed by atoms with Gasteiger partial charge >= 0.3 is 0 Å². The molecule has 86 valence electrons. The first-order valence-electron chi connectivity index (χ1n) is 5.45. The number of aliphatic carboxylic acids is 1. The van der Waals surface area contributed by atoms with Crippen LogP contribution in [0.15, 0.2) is 18.2 Å². The molecule has 4 nitrogen and oxygen atoms in total. The lowest BCUT2D eigenvalue weighted by Gasteiger charge is -2.10. The second-order valence-corrected chi connectivity index (χ2v) is 4.07. The van der Waals surface area contributed by atoms with Crippen molar-refractivity contribution < 1.29 is 20.4 Å². The van der Waals surface area contributed by atoms with Gasteiger partial charge in [-0.3, -0.25) is 0 Å². The maximum atomic E-state index is 10.4. The Morgan fingerprint density at radius 2 is 2.38 bits per heavy atom. The molecule has 0 fully saturated rings. The molecule has 16 heavy (non-hydrogen) atoms. The fourth-order valence-electron chi connectivity index (χ4n) is 1.92. The van der Waals surface area contributed by atoms with Crippen LogP contribution in [0.4, 0.5) is 0 Å². The fourth-order valence-corrected chi connectivity index (χ4v) is 1.92. The molecule has 0 radical (unpaired) electrons. The molecule has 0 bridgehead atoms. The van der Waals surface area contributed by atoms with E-state index in [0.29, 0.717) is 6.42 Å². The van der Waals surface area contributed by atoms with Crippen LogP contribution in [-0.4, -0.2) is 12.6 Å². The summed E-state index contributed by atoms with van der Waals surface area (Å²) in [6, 6.07) is 5.96. The van der Waals surface area contributed by atoms with Crippen molar-refractivity contribution >= 4 is 5.97 Å². The number of quaternary nitrogens is 1. The summed E-state index contributed by atoms with van der Waals surface area (Å²) in [5.74, 6) is -0.0750. The van der Waals surface area contributed by atoms with Gasteiger partial charge in [-0.2, -0.15) is 0 Å². The third-order valence-corrected chi connectivity index (χ3v) is 2.88. The van der Waals surface area contributed by atoms with E-state index in [1.807, 2.05) is 12.1 Å². The Morgan fingerprint density at radius 3 is 3.12 bits per heavy atom. The van der Waals surface area contributed by atoms with Crippen LogP contribution in [0, 0.1) is 0 Å². The number of ether oxygens (including phenoxy) is 1. The van der Waals surface area contributed by atoms with E-state index >= 15 is 0 Å². The minimum atomic E-state index is -1.02.